The third-order valence-corrected chi connectivity index (χ3v) is 4.98. The van der Waals surface area contributed by atoms with E-state index in [0.29, 0.717) is 22.9 Å². The highest BCUT2D eigenvalue weighted by Gasteiger charge is 2.09. The average molecular weight is 477 g/mol. The molecule has 0 saturated heterocycles. The van der Waals surface area contributed by atoms with Crippen molar-refractivity contribution >= 4 is 39.6 Å². The average Bonchev–Trinajstić information content (AvgIpc) is 2.63. The fraction of sp³-hybridized carbons (Fsp3) is 0.250. The molecule has 3 aromatic rings. The number of benzene rings is 1. The van der Waals surface area contributed by atoms with Crippen molar-refractivity contribution < 1.29 is 5.11 Å². The summed E-state index contributed by atoms with van der Waals surface area (Å²) in [6.45, 7) is 3.12. The molecule has 0 aliphatic carbocycles. The highest BCUT2D eigenvalue weighted by Crippen LogP contribution is 2.22. The van der Waals surface area contributed by atoms with Crippen molar-refractivity contribution in [2.75, 3.05) is 0 Å². The zero-order valence-electron chi connectivity index (χ0n) is 14.9. The van der Waals surface area contributed by atoms with E-state index in [-0.39, 0.29) is 17.0 Å². The number of pyridine rings is 2. The Morgan fingerprint density at radius 2 is 2.04 bits per heavy atom. The van der Waals surface area contributed by atoms with E-state index in [4.69, 9.17) is 0 Å². The molecule has 0 aliphatic rings. The van der Waals surface area contributed by atoms with Crippen LogP contribution in [0.2, 0.25) is 0 Å². The summed E-state index contributed by atoms with van der Waals surface area (Å²) >= 11 is 2.16. The van der Waals surface area contributed by atoms with Crippen molar-refractivity contribution in [1.82, 2.24) is 9.55 Å². The second kappa shape index (κ2) is 8.51. The van der Waals surface area contributed by atoms with Gasteiger partial charge in [-0.05, 0) is 58.8 Å². The monoisotopic (exact) mass is 477 g/mol. The van der Waals surface area contributed by atoms with E-state index in [1.165, 1.54) is 6.21 Å². The molecule has 2 aromatic heterocycles. The zero-order chi connectivity index (χ0) is 19.4. The maximum absolute atomic E-state index is 12.1. The van der Waals surface area contributed by atoms with Gasteiger partial charge in [-0.2, -0.15) is 0 Å². The summed E-state index contributed by atoms with van der Waals surface area (Å²) < 4.78 is 2.65. The Hall–Kier alpha value is -2.42. The van der Waals surface area contributed by atoms with Gasteiger partial charge in [0.05, 0.1) is 12.1 Å². The van der Waals surface area contributed by atoms with Crippen LogP contribution in [0.15, 0.2) is 51.1 Å². The van der Waals surface area contributed by atoms with Crippen molar-refractivity contribution in [1.29, 1.82) is 0 Å². The number of aromatic hydroxyl groups is 1. The van der Waals surface area contributed by atoms with Gasteiger partial charge in [-0.3, -0.25) is 19.6 Å². The molecule has 0 bridgehead atoms. The minimum absolute atomic E-state index is 0.0389. The third-order valence-electron chi connectivity index (χ3n) is 4.31. The Labute approximate surface area is 169 Å². The SMILES string of the molecule is CCCCn1ccc(CN=Cc2c(O)[nH]c(=O)c3ccc(I)cc23)cc1=O. The number of hydrogen-bond donors (Lipinski definition) is 2. The van der Waals surface area contributed by atoms with Gasteiger partial charge in [0.15, 0.2) is 0 Å². The fourth-order valence-corrected chi connectivity index (χ4v) is 3.33. The lowest BCUT2D eigenvalue weighted by atomic mass is 10.1. The molecule has 0 spiro atoms. The quantitative estimate of drug-likeness (QED) is 0.422. The van der Waals surface area contributed by atoms with Crippen LogP contribution in [0.25, 0.3) is 10.8 Å². The number of halogens is 1. The maximum Gasteiger partial charge on any atom is 0.258 e. The first-order chi connectivity index (χ1) is 13.0. The van der Waals surface area contributed by atoms with Gasteiger partial charge in [-0.25, -0.2) is 0 Å². The molecule has 2 heterocycles. The van der Waals surface area contributed by atoms with Crippen molar-refractivity contribution in [3.63, 3.8) is 0 Å². The lowest BCUT2D eigenvalue weighted by molar-refractivity contribution is 0.452. The van der Waals surface area contributed by atoms with Crippen LogP contribution in [0.3, 0.4) is 0 Å². The molecule has 2 N–H and O–H groups in total. The normalized spacial score (nSPS) is 11.5. The number of hydrogen-bond acceptors (Lipinski definition) is 4. The summed E-state index contributed by atoms with van der Waals surface area (Å²) in [7, 11) is 0. The van der Waals surface area contributed by atoms with Gasteiger partial charge in [0.2, 0.25) is 5.88 Å². The fourth-order valence-electron chi connectivity index (χ4n) is 2.84. The van der Waals surface area contributed by atoms with Crippen LogP contribution in [0.1, 0.15) is 30.9 Å². The first-order valence-electron chi connectivity index (χ1n) is 8.73. The Morgan fingerprint density at radius 1 is 1.22 bits per heavy atom. The number of fused-ring (bicyclic) bond motifs is 1. The van der Waals surface area contributed by atoms with Crippen molar-refractivity contribution in [3.8, 4) is 5.88 Å². The maximum atomic E-state index is 12.1. The minimum Gasteiger partial charge on any atom is -0.494 e. The summed E-state index contributed by atoms with van der Waals surface area (Å²) in [6, 6.07) is 8.86. The molecule has 0 aliphatic heterocycles. The molecule has 6 nitrogen and oxygen atoms in total. The Bertz CT molecular complexity index is 1120. The van der Waals surface area contributed by atoms with Gasteiger partial charge in [-0.1, -0.05) is 13.3 Å². The second-order valence-corrected chi connectivity index (χ2v) is 7.54. The van der Waals surface area contributed by atoms with E-state index in [1.807, 2.05) is 18.2 Å². The molecular formula is C20H20IN3O3. The topological polar surface area (TPSA) is 87.4 Å². The van der Waals surface area contributed by atoms with Crippen molar-refractivity contribution in [2.45, 2.75) is 32.9 Å². The van der Waals surface area contributed by atoms with Crippen LogP contribution >= 0.6 is 22.6 Å². The van der Waals surface area contributed by atoms with Crippen LogP contribution in [-0.4, -0.2) is 20.9 Å². The Kier molecular flexibility index (Phi) is 6.10. The van der Waals surface area contributed by atoms with E-state index in [1.54, 1.807) is 22.9 Å². The number of nitrogens with zero attached hydrogens (tertiary/aromatic N) is 2. The number of aliphatic imine (C=N–C) groups is 1. The summed E-state index contributed by atoms with van der Waals surface area (Å²) in [5.41, 5.74) is 0.876. The molecule has 3 rings (SSSR count). The molecule has 0 amide bonds. The molecule has 7 heteroatoms. The number of nitrogens with one attached hydrogen (secondary N) is 1. The third kappa shape index (κ3) is 4.47. The van der Waals surface area contributed by atoms with Gasteiger partial charge in [0.25, 0.3) is 11.1 Å². The molecule has 0 unspecified atom stereocenters. The zero-order valence-corrected chi connectivity index (χ0v) is 17.1. The largest absolute Gasteiger partial charge is 0.494 e. The Balaban J connectivity index is 1.87. The Morgan fingerprint density at radius 3 is 2.78 bits per heavy atom. The van der Waals surface area contributed by atoms with E-state index in [0.717, 1.165) is 28.5 Å². The van der Waals surface area contributed by atoms with Crippen molar-refractivity contribution in [2.24, 2.45) is 4.99 Å². The molecule has 0 saturated carbocycles. The molecule has 0 fully saturated rings. The summed E-state index contributed by atoms with van der Waals surface area (Å²) in [4.78, 5) is 30.9. The minimum atomic E-state index is -0.341. The molecule has 0 atom stereocenters. The van der Waals surface area contributed by atoms with Gasteiger partial charge in [0, 0.05) is 39.4 Å². The number of rotatable bonds is 6. The first-order valence-corrected chi connectivity index (χ1v) is 9.81. The van der Waals surface area contributed by atoms with Gasteiger partial charge in [0.1, 0.15) is 0 Å². The molecule has 27 heavy (non-hydrogen) atoms. The lowest BCUT2D eigenvalue weighted by Crippen LogP contribution is -2.19. The number of aromatic amines is 1. The first kappa shape index (κ1) is 19.3. The lowest BCUT2D eigenvalue weighted by Gasteiger charge is -2.06. The number of aromatic nitrogens is 2. The number of unbranched alkanes of at least 4 members (excludes halogenated alkanes) is 1. The number of H-pyrrole nitrogens is 1. The van der Waals surface area contributed by atoms with E-state index in [2.05, 4.69) is 39.5 Å². The van der Waals surface area contributed by atoms with Crippen LogP contribution < -0.4 is 11.1 Å². The molecule has 140 valence electrons. The summed E-state index contributed by atoms with van der Waals surface area (Å²) in [5.74, 6) is -0.215. The summed E-state index contributed by atoms with van der Waals surface area (Å²) in [6.07, 6.45) is 5.33. The molecule has 0 radical (unpaired) electrons. The predicted molar refractivity (Wildman–Crippen MR) is 116 cm³/mol. The van der Waals surface area contributed by atoms with E-state index < -0.39 is 0 Å². The van der Waals surface area contributed by atoms with Crippen LogP contribution in [-0.2, 0) is 13.1 Å². The highest BCUT2D eigenvalue weighted by atomic mass is 127. The van der Waals surface area contributed by atoms with Gasteiger partial charge in [-0.15, -0.1) is 0 Å². The van der Waals surface area contributed by atoms with E-state index in [9.17, 15) is 14.7 Å². The van der Waals surface area contributed by atoms with Crippen LogP contribution in [0.5, 0.6) is 5.88 Å². The van der Waals surface area contributed by atoms with E-state index >= 15 is 0 Å². The predicted octanol–water partition coefficient (Wildman–Crippen LogP) is 3.42. The standard InChI is InChI=1S/C20H20IN3O3/c1-2-3-7-24-8-6-13(9-18(24)25)11-22-12-17-16-10-14(21)4-5-15(16)19(26)23-20(17)27/h4-6,8-10,12H,2-3,7,11H2,1H3,(H2,23,26,27). The highest BCUT2D eigenvalue weighted by molar-refractivity contribution is 14.1. The second-order valence-electron chi connectivity index (χ2n) is 6.30. The van der Waals surface area contributed by atoms with Crippen LogP contribution in [0, 0.1) is 3.57 Å². The van der Waals surface area contributed by atoms with Gasteiger partial charge < -0.3 is 9.67 Å². The molecule has 1 aromatic carbocycles. The van der Waals surface area contributed by atoms with Crippen LogP contribution in [0.4, 0.5) is 0 Å². The van der Waals surface area contributed by atoms with Crippen molar-refractivity contribution in [3.05, 3.63) is 71.9 Å². The number of aryl methyl sites for hydroxylation is 1. The summed E-state index contributed by atoms with van der Waals surface area (Å²) in [5, 5.41) is 11.3. The smallest absolute Gasteiger partial charge is 0.258 e. The molecular weight excluding hydrogens is 457 g/mol. The van der Waals surface area contributed by atoms with Gasteiger partial charge >= 0.3 is 0 Å².